The van der Waals surface area contributed by atoms with Gasteiger partial charge in [0.15, 0.2) is 11.5 Å². The van der Waals surface area contributed by atoms with Gasteiger partial charge in [-0.05, 0) is 56.6 Å². The summed E-state index contributed by atoms with van der Waals surface area (Å²) in [6, 6.07) is 2.23. The van der Waals surface area contributed by atoms with Gasteiger partial charge in [-0.2, -0.15) is 13.2 Å². The average Bonchev–Trinajstić information content (AvgIpc) is 3.53. The number of carbonyl (C=O) groups excluding carboxylic acids is 1. The fraction of sp³-hybridized carbons (Fsp3) is 0.440. The van der Waals surface area contributed by atoms with E-state index in [9.17, 15) is 22.4 Å². The van der Waals surface area contributed by atoms with Gasteiger partial charge in [0.25, 0.3) is 0 Å². The van der Waals surface area contributed by atoms with E-state index in [-0.39, 0.29) is 41.2 Å². The minimum Gasteiger partial charge on any atom is -0.466 e. The van der Waals surface area contributed by atoms with Gasteiger partial charge >= 0.3 is 12.1 Å². The monoisotopic (exact) mass is 661 g/mol. The van der Waals surface area contributed by atoms with Crippen molar-refractivity contribution in [3.05, 3.63) is 53.4 Å². The van der Waals surface area contributed by atoms with Crippen LogP contribution in [-0.4, -0.2) is 38.1 Å². The van der Waals surface area contributed by atoms with Gasteiger partial charge < -0.3 is 9.72 Å². The number of hydrogen-bond donors (Lipinski definition) is 2. The summed E-state index contributed by atoms with van der Waals surface area (Å²) in [6.45, 7) is 1.90. The second-order valence-corrected chi connectivity index (χ2v) is 11.3. The summed E-state index contributed by atoms with van der Waals surface area (Å²) < 4.78 is 61.7. The van der Waals surface area contributed by atoms with E-state index in [0.29, 0.717) is 11.0 Å². The number of aromatic amines is 1. The number of aliphatic imine (C=N–C) groups is 1. The number of aromatic nitrogens is 3. The van der Waals surface area contributed by atoms with Gasteiger partial charge in [-0.3, -0.25) is 14.2 Å². The number of nitrogens with one attached hydrogen (secondary N) is 2. The first kappa shape index (κ1) is 27.2. The fourth-order valence-electron chi connectivity index (χ4n) is 5.92. The normalized spacial score (nSPS) is 23.7. The molecule has 3 aliphatic carbocycles. The highest BCUT2D eigenvalue weighted by molar-refractivity contribution is 14.2. The Hall–Kier alpha value is -2.42. The minimum absolute atomic E-state index is 0.00366. The zero-order chi connectivity index (χ0) is 27.2. The van der Waals surface area contributed by atoms with Gasteiger partial charge in [0.05, 0.1) is 35.7 Å². The maximum atomic E-state index is 14.1. The highest BCUT2D eigenvalue weighted by atomic mass is 127. The first-order valence-electron chi connectivity index (χ1n) is 12.2. The summed E-state index contributed by atoms with van der Waals surface area (Å²) in [7, 11) is 1.28. The molecule has 0 radical (unpaired) electrons. The van der Waals surface area contributed by atoms with Crippen LogP contribution < -0.4 is 0 Å². The van der Waals surface area contributed by atoms with Crippen LogP contribution in [0.5, 0.6) is 0 Å². The molecule has 3 aromatic rings. The number of halogens is 5. The lowest BCUT2D eigenvalue weighted by atomic mass is 9.57. The van der Waals surface area contributed by atoms with E-state index in [4.69, 9.17) is 10.1 Å². The fourth-order valence-corrected chi connectivity index (χ4v) is 7.17. The van der Waals surface area contributed by atoms with Crippen molar-refractivity contribution in [3.8, 4) is 0 Å². The molecule has 38 heavy (non-hydrogen) atoms. The Morgan fingerprint density at radius 1 is 1.26 bits per heavy atom. The van der Waals surface area contributed by atoms with Crippen molar-refractivity contribution < 1.29 is 27.1 Å². The van der Waals surface area contributed by atoms with E-state index in [1.807, 2.05) is 21.2 Å². The first-order chi connectivity index (χ1) is 18.1. The predicted octanol–water partition coefficient (Wildman–Crippen LogP) is 6.80. The van der Waals surface area contributed by atoms with Crippen molar-refractivity contribution in [1.29, 1.82) is 5.41 Å². The third-order valence-corrected chi connectivity index (χ3v) is 9.22. The summed E-state index contributed by atoms with van der Waals surface area (Å²) >= 11 is 2.03. The molecule has 3 aliphatic rings. The van der Waals surface area contributed by atoms with E-state index in [1.165, 1.54) is 15.2 Å². The number of nitrogens with zero attached hydrogens (tertiary/aromatic N) is 3. The highest BCUT2D eigenvalue weighted by Crippen LogP contribution is 2.51. The number of hydrogen-bond acceptors (Lipinski definition) is 5. The SMILES string of the molecule is CCOC(=O)C1C2CCC(CC2)C1/C(=N/C(=N)c1cn(SI)c2ncc(F)cc12)c1cc(C(F)(F)F)c[nH]1. The molecule has 6 rings (SSSR count). The molecule has 3 saturated carbocycles. The standard InChI is InChI=1S/C25H24F4IN5O2S/c1-2-37-24(36)20-13-5-3-12(4-6-13)19(20)21(18-7-14(9-32-18)25(27,28)29)34-22(31)17-11-35(38-30)23-16(17)8-15(26)10-33-23/h7-13,19-20,31-32H,2-6H2,1H3/b31-22?,34-21+. The zero-order valence-corrected chi connectivity index (χ0v) is 23.2. The van der Waals surface area contributed by atoms with Crippen LogP contribution in [-0.2, 0) is 15.7 Å². The lowest BCUT2D eigenvalue weighted by Gasteiger charge is -2.47. The van der Waals surface area contributed by atoms with E-state index in [0.717, 1.165) is 44.1 Å². The Morgan fingerprint density at radius 2 is 1.95 bits per heavy atom. The summed E-state index contributed by atoms with van der Waals surface area (Å²) in [4.78, 5) is 24.5. The number of ether oxygens (including phenoxy) is 1. The van der Waals surface area contributed by atoms with Gasteiger partial charge in [-0.1, -0.05) is 0 Å². The Balaban J connectivity index is 1.66. The Bertz CT molecular complexity index is 1410. The van der Waals surface area contributed by atoms with E-state index >= 15 is 0 Å². The second kappa shape index (κ2) is 10.6. The molecule has 3 aromatic heterocycles. The molecule has 13 heteroatoms. The number of fused-ring (bicyclic) bond motifs is 4. The molecule has 7 nitrogen and oxygen atoms in total. The number of esters is 1. The molecule has 2 atom stereocenters. The largest absolute Gasteiger partial charge is 0.466 e. The van der Waals surface area contributed by atoms with Gasteiger partial charge in [-0.25, -0.2) is 14.4 Å². The molecule has 0 amide bonds. The van der Waals surface area contributed by atoms with Crippen molar-refractivity contribution in [2.75, 3.05) is 6.61 Å². The summed E-state index contributed by atoms with van der Waals surface area (Å²) in [6.07, 6.45) is 2.25. The molecule has 3 heterocycles. The van der Waals surface area contributed by atoms with Crippen LogP contribution >= 0.6 is 30.3 Å². The molecular formula is C25H24F4IN5O2S. The quantitative estimate of drug-likeness (QED) is 0.1000. The van der Waals surface area contributed by atoms with Crippen molar-refractivity contribution in [3.63, 3.8) is 0 Å². The Labute approximate surface area is 232 Å². The molecule has 0 aromatic carbocycles. The average molecular weight is 661 g/mol. The third kappa shape index (κ3) is 4.98. The molecule has 202 valence electrons. The van der Waals surface area contributed by atoms with Gasteiger partial charge in [0.2, 0.25) is 0 Å². The molecule has 2 unspecified atom stereocenters. The van der Waals surface area contributed by atoms with E-state index < -0.39 is 35.4 Å². The number of rotatable bonds is 6. The minimum atomic E-state index is -4.58. The van der Waals surface area contributed by atoms with Crippen LogP contribution in [0.3, 0.4) is 0 Å². The van der Waals surface area contributed by atoms with Crippen LogP contribution in [0.25, 0.3) is 11.0 Å². The van der Waals surface area contributed by atoms with Crippen molar-refractivity contribution in [2.45, 2.75) is 38.8 Å². The van der Waals surface area contributed by atoms with Crippen LogP contribution in [0.1, 0.15) is 49.4 Å². The van der Waals surface area contributed by atoms with Gasteiger partial charge in [0.1, 0.15) is 5.82 Å². The molecule has 0 saturated heterocycles. The van der Waals surface area contributed by atoms with Crippen LogP contribution in [0.2, 0.25) is 0 Å². The first-order valence-corrected chi connectivity index (χ1v) is 15.5. The molecular weight excluding hydrogens is 637 g/mol. The second-order valence-electron chi connectivity index (χ2n) is 9.59. The number of H-pyrrole nitrogens is 1. The Morgan fingerprint density at radius 3 is 2.55 bits per heavy atom. The molecule has 2 N–H and O–H groups in total. The van der Waals surface area contributed by atoms with Crippen molar-refractivity contribution in [2.24, 2.45) is 28.7 Å². The van der Waals surface area contributed by atoms with Crippen molar-refractivity contribution >= 4 is 58.9 Å². The maximum Gasteiger partial charge on any atom is 0.417 e. The van der Waals surface area contributed by atoms with E-state index in [2.05, 4.69) is 15.0 Å². The van der Waals surface area contributed by atoms with Crippen LogP contribution in [0.4, 0.5) is 17.6 Å². The van der Waals surface area contributed by atoms with Crippen molar-refractivity contribution in [1.82, 2.24) is 13.9 Å². The summed E-state index contributed by atoms with van der Waals surface area (Å²) in [5, 5.41) is 9.23. The maximum absolute atomic E-state index is 14.1. The number of carbonyl (C=O) groups is 1. The molecule has 3 fully saturated rings. The van der Waals surface area contributed by atoms with Gasteiger partial charge in [-0.15, -0.1) is 0 Å². The smallest absolute Gasteiger partial charge is 0.417 e. The predicted molar refractivity (Wildman–Crippen MR) is 145 cm³/mol. The molecule has 0 aliphatic heterocycles. The van der Waals surface area contributed by atoms with Crippen LogP contribution in [0.15, 0.2) is 35.7 Å². The summed E-state index contributed by atoms with van der Waals surface area (Å²) in [5.74, 6) is -2.30. The lowest BCUT2D eigenvalue weighted by molar-refractivity contribution is -0.156. The molecule has 0 spiro atoms. The lowest BCUT2D eigenvalue weighted by Crippen LogP contribution is -2.48. The van der Waals surface area contributed by atoms with Crippen LogP contribution in [0, 0.1) is 34.9 Å². The Kier molecular flexibility index (Phi) is 7.59. The zero-order valence-electron chi connectivity index (χ0n) is 20.2. The highest BCUT2D eigenvalue weighted by Gasteiger charge is 2.50. The number of alkyl halides is 3. The van der Waals surface area contributed by atoms with E-state index in [1.54, 1.807) is 17.1 Å². The number of pyridine rings is 1. The summed E-state index contributed by atoms with van der Waals surface area (Å²) in [5.41, 5.74) is 0.160. The van der Waals surface area contributed by atoms with Gasteiger partial charge in [0, 0.05) is 59.6 Å². The topological polar surface area (TPSA) is 96.1 Å². The number of amidine groups is 1. The third-order valence-electron chi connectivity index (χ3n) is 7.52. The molecule has 2 bridgehead atoms.